The molecule has 0 bridgehead atoms. The zero-order valence-electron chi connectivity index (χ0n) is 40.3. The molecule has 3 N–H and O–H groups in total. The molecule has 0 aromatic heterocycles. The topological polar surface area (TPSA) is 95.9 Å². The van der Waals surface area contributed by atoms with Crippen LogP contribution in [0.25, 0.3) is 0 Å². The Labute approximate surface area is 378 Å². The summed E-state index contributed by atoms with van der Waals surface area (Å²) in [7, 11) is 0. The molecule has 1 amide bonds. The first-order valence-electron chi connectivity index (χ1n) is 26.0. The van der Waals surface area contributed by atoms with Crippen molar-refractivity contribution in [3.63, 3.8) is 0 Å². The van der Waals surface area contributed by atoms with Gasteiger partial charge in [-0.2, -0.15) is 0 Å². The number of carbonyl (C=O) groups is 2. The smallest absolute Gasteiger partial charge is 0.306 e. The zero-order chi connectivity index (χ0) is 44.5. The molecule has 61 heavy (non-hydrogen) atoms. The van der Waals surface area contributed by atoms with Crippen LogP contribution in [0.5, 0.6) is 0 Å². The number of ether oxygens (including phenoxy) is 1. The van der Waals surface area contributed by atoms with E-state index in [4.69, 9.17) is 4.74 Å². The molecule has 3 atom stereocenters. The fourth-order valence-electron chi connectivity index (χ4n) is 7.67. The number of esters is 1. The number of rotatable bonds is 46. The summed E-state index contributed by atoms with van der Waals surface area (Å²) in [5.41, 5.74) is 0. The lowest BCUT2D eigenvalue weighted by Gasteiger charge is -2.24. The van der Waals surface area contributed by atoms with Crippen LogP contribution in [0.4, 0.5) is 0 Å². The van der Waals surface area contributed by atoms with Gasteiger partial charge in [0.05, 0.1) is 25.2 Å². The number of nitrogens with one attached hydrogen (secondary N) is 1. The van der Waals surface area contributed by atoms with Gasteiger partial charge >= 0.3 is 5.97 Å². The van der Waals surface area contributed by atoms with Gasteiger partial charge in [0.2, 0.25) is 5.91 Å². The molecular formula is C55H99NO5. The minimum atomic E-state index is -0.797. The molecule has 0 heterocycles. The second-order valence-electron chi connectivity index (χ2n) is 17.6. The molecule has 6 heteroatoms. The number of unbranched alkanes of at least 4 members (excludes halogenated alkanes) is 25. The van der Waals surface area contributed by atoms with Crippen molar-refractivity contribution in [2.75, 3.05) is 6.61 Å². The molecule has 6 nitrogen and oxygen atoms in total. The highest BCUT2D eigenvalue weighted by Gasteiger charge is 2.24. The van der Waals surface area contributed by atoms with Gasteiger partial charge in [0.1, 0.15) is 6.10 Å². The Morgan fingerprint density at radius 1 is 0.508 bits per heavy atom. The normalized spacial score (nSPS) is 13.7. The van der Waals surface area contributed by atoms with Gasteiger partial charge in [-0.15, -0.1) is 0 Å². The van der Waals surface area contributed by atoms with E-state index in [9.17, 15) is 19.8 Å². The molecule has 0 fully saturated rings. The minimum absolute atomic E-state index is 0.0551. The summed E-state index contributed by atoms with van der Waals surface area (Å²) in [4.78, 5) is 26.1. The van der Waals surface area contributed by atoms with Crippen LogP contribution in [0.2, 0.25) is 0 Å². The predicted octanol–water partition coefficient (Wildman–Crippen LogP) is 15.6. The van der Waals surface area contributed by atoms with Crippen LogP contribution < -0.4 is 5.32 Å². The van der Waals surface area contributed by atoms with E-state index in [-0.39, 0.29) is 24.9 Å². The molecule has 354 valence electrons. The first kappa shape index (κ1) is 58.6. The quantitative estimate of drug-likeness (QED) is 0.0245. The van der Waals surface area contributed by atoms with Gasteiger partial charge in [-0.05, 0) is 83.5 Å². The van der Waals surface area contributed by atoms with Crippen molar-refractivity contribution >= 4 is 11.9 Å². The standard InChI is InChI=1S/C55H99NO5/c1-4-7-10-13-16-19-22-24-26-27-28-29-31-33-36-39-42-45-48-55(60)61-51(46-43-40-37-34-32-30-25-23-20-17-14-11-8-5-2)49-54(59)56-52(50-57)53(58)47-44-41-38-35-21-18-15-12-9-6-3/h8,11,17,20,25-30,51-53,57-58H,4-7,9-10,12-16,18-19,21-24,31-50H2,1-3H3,(H,56,59)/b11-8+,20-17+,27-26+,29-28+,30-25+. The van der Waals surface area contributed by atoms with Crippen molar-refractivity contribution in [2.45, 2.75) is 270 Å². The summed E-state index contributed by atoms with van der Waals surface area (Å²) < 4.78 is 5.92. The molecule has 0 saturated heterocycles. The first-order valence-corrected chi connectivity index (χ1v) is 26.0. The van der Waals surface area contributed by atoms with Gasteiger partial charge in [-0.25, -0.2) is 0 Å². The molecule has 0 spiro atoms. The van der Waals surface area contributed by atoms with Crippen LogP contribution in [0.3, 0.4) is 0 Å². The monoisotopic (exact) mass is 854 g/mol. The van der Waals surface area contributed by atoms with E-state index in [1.54, 1.807) is 0 Å². The van der Waals surface area contributed by atoms with E-state index in [2.05, 4.69) is 86.8 Å². The number of amides is 1. The van der Waals surface area contributed by atoms with Crippen LogP contribution in [0, 0.1) is 0 Å². The van der Waals surface area contributed by atoms with E-state index in [0.29, 0.717) is 19.3 Å². The molecule has 0 aliphatic rings. The average molecular weight is 854 g/mol. The lowest BCUT2D eigenvalue weighted by molar-refractivity contribution is -0.151. The fourth-order valence-corrected chi connectivity index (χ4v) is 7.67. The SMILES string of the molecule is CC/C=C/C/C=C/C/C=C/CCCCCCC(CC(=O)NC(CO)C(O)CCCCCCCCCCCC)OC(=O)CCCCCCC/C=C/C=C/CCCCCCCCC. The molecule has 0 aliphatic heterocycles. The minimum Gasteiger partial charge on any atom is -0.462 e. The Hall–Kier alpha value is -2.44. The Bertz CT molecular complexity index is 1090. The summed E-state index contributed by atoms with van der Waals surface area (Å²) in [5.74, 6) is -0.512. The Morgan fingerprint density at radius 2 is 0.934 bits per heavy atom. The van der Waals surface area contributed by atoms with Crippen LogP contribution in [0.15, 0.2) is 60.8 Å². The summed E-state index contributed by atoms with van der Waals surface area (Å²) in [6.07, 6.45) is 60.0. The molecular weight excluding hydrogens is 755 g/mol. The van der Waals surface area contributed by atoms with Gasteiger partial charge in [0, 0.05) is 6.42 Å². The Balaban J connectivity index is 4.62. The maximum Gasteiger partial charge on any atom is 0.306 e. The van der Waals surface area contributed by atoms with Crippen molar-refractivity contribution < 1.29 is 24.5 Å². The Kier molecular flexibility index (Phi) is 46.6. The Morgan fingerprint density at radius 3 is 1.44 bits per heavy atom. The molecule has 0 aromatic rings. The highest BCUT2D eigenvalue weighted by molar-refractivity contribution is 5.77. The van der Waals surface area contributed by atoms with E-state index in [0.717, 1.165) is 109 Å². The summed E-state index contributed by atoms with van der Waals surface area (Å²) in [6, 6.07) is -0.712. The summed E-state index contributed by atoms with van der Waals surface area (Å²) in [6.45, 7) is 6.35. The summed E-state index contributed by atoms with van der Waals surface area (Å²) in [5, 5.41) is 23.7. The number of allylic oxidation sites excluding steroid dienone is 10. The van der Waals surface area contributed by atoms with E-state index in [1.165, 1.54) is 96.3 Å². The molecule has 3 unspecified atom stereocenters. The number of aliphatic hydroxyl groups excluding tert-OH is 2. The van der Waals surface area contributed by atoms with Crippen molar-refractivity contribution in [1.29, 1.82) is 0 Å². The van der Waals surface area contributed by atoms with Gasteiger partial charge in [0.15, 0.2) is 0 Å². The molecule has 0 rings (SSSR count). The number of aliphatic hydroxyl groups is 2. The van der Waals surface area contributed by atoms with E-state index >= 15 is 0 Å². The maximum atomic E-state index is 13.2. The molecule has 0 radical (unpaired) electrons. The highest BCUT2D eigenvalue weighted by Crippen LogP contribution is 2.17. The molecule has 0 saturated carbocycles. The van der Waals surface area contributed by atoms with Gasteiger partial charge in [-0.1, -0.05) is 216 Å². The third-order valence-corrected chi connectivity index (χ3v) is 11.6. The van der Waals surface area contributed by atoms with Gasteiger partial charge < -0.3 is 20.3 Å². The lowest BCUT2D eigenvalue weighted by atomic mass is 10.0. The average Bonchev–Trinajstić information content (AvgIpc) is 3.25. The first-order chi connectivity index (χ1) is 30.0. The largest absolute Gasteiger partial charge is 0.462 e. The third-order valence-electron chi connectivity index (χ3n) is 11.6. The lowest BCUT2D eigenvalue weighted by Crippen LogP contribution is -2.46. The third kappa shape index (κ3) is 44.0. The van der Waals surface area contributed by atoms with E-state index in [1.807, 2.05) is 0 Å². The van der Waals surface area contributed by atoms with E-state index < -0.39 is 18.2 Å². The number of carbonyl (C=O) groups excluding carboxylic acids is 2. The second-order valence-corrected chi connectivity index (χ2v) is 17.6. The zero-order valence-corrected chi connectivity index (χ0v) is 40.3. The van der Waals surface area contributed by atoms with Crippen LogP contribution in [0.1, 0.15) is 252 Å². The summed E-state index contributed by atoms with van der Waals surface area (Å²) >= 11 is 0. The van der Waals surface area contributed by atoms with Crippen LogP contribution in [-0.4, -0.2) is 46.9 Å². The van der Waals surface area contributed by atoms with Crippen molar-refractivity contribution in [3.8, 4) is 0 Å². The van der Waals surface area contributed by atoms with Crippen LogP contribution in [-0.2, 0) is 14.3 Å². The highest BCUT2D eigenvalue weighted by atomic mass is 16.5. The van der Waals surface area contributed by atoms with Gasteiger partial charge in [0.25, 0.3) is 0 Å². The van der Waals surface area contributed by atoms with Gasteiger partial charge in [-0.3, -0.25) is 9.59 Å². The molecule has 0 aliphatic carbocycles. The van der Waals surface area contributed by atoms with Crippen molar-refractivity contribution in [1.82, 2.24) is 5.32 Å². The predicted molar refractivity (Wildman–Crippen MR) is 264 cm³/mol. The van der Waals surface area contributed by atoms with Crippen LogP contribution >= 0.6 is 0 Å². The van der Waals surface area contributed by atoms with Crippen molar-refractivity contribution in [2.24, 2.45) is 0 Å². The number of hydrogen-bond acceptors (Lipinski definition) is 5. The fraction of sp³-hybridized carbons (Fsp3) is 0.782. The van der Waals surface area contributed by atoms with Crippen molar-refractivity contribution in [3.05, 3.63) is 60.8 Å². The molecule has 0 aromatic carbocycles. The number of hydrogen-bond donors (Lipinski definition) is 3. The maximum absolute atomic E-state index is 13.2. The second kappa shape index (κ2) is 48.6.